The van der Waals surface area contributed by atoms with Crippen molar-refractivity contribution in [2.75, 3.05) is 44.2 Å². The third-order valence-corrected chi connectivity index (χ3v) is 6.48. The SMILES string of the molecule is O=C(c1ccc(CN2C(=O)COc3ccccc32)cc1)N1CCN(C/C=C/c2ccccc2)CC1. The first-order chi connectivity index (χ1) is 17.2. The van der Waals surface area contributed by atoms with Gasteiger partial charge >= 0.3 is 0 Å². The van der Waals surface area contributed by atoms with Crippen molar-refractivity contribution in [3.63, 3.8) is 0 Å². The molecular formula is C29H29N3O3. The summed E-state index contributed by atoms with van der Waals surface area (Å²) in [5.41, 5.74) is 3.63. The fourth-order valence-electron chi connectivity index (χ4n) is 4.48. The Morgan fingerprint density at radius 1 is 0.857 bits per heavy atom. The number of piperazine rings is 1. The quantitative estimate of drug-likeness (QED) is 0.548. The highest BCUT2D eigenvalue weighted by Crippen LogP contribution is 2.32. The first kappa shape index (κ1) is 22.9. The molecule has 0 radical (unpaired) electrons. The Labute approximate surface area is 206 Å². The van der Waals surface area contributed by atoms with Gasteiger partial charge in [-0.1, -0.05) is 66.7 Å². The smallest absolute Gasteiger partial charge is 0.265 e. The highest BCUT2D eigenvalue weighted by Gasteiger charge is 2.25. The van der Waals surface area contributed by atoms with E-state index in [1.807, 2.05) is 71.6 Å². The molecule has 2 amide bonds. The van der Waals surface area contributed by atoms with E-state index in [2.05, 4.69) is 29.2 Å². The monoisotopic (exact) mass is 467 g/mol. The number of fused-ring (bicyclic) bond motifs is 1. The standard InChI is InChI=1S/C29H29N3O3/c33-28-22-35-27-11-5-4-10-26(27)32(28)21-24-12-14-25(15-13-24)29(34)31-19-17-30(18-20-31)16-6-9-23-7-2-1-3-8-23/h1-15H,16-22H2/b9-6+. The number of hydrogen-bond donors (Lipinski definition) is 0. The lowest BCUT2D eigenvalue weighted by atomic mass is 10.1. The number of carbonyl (C=O) groups is 2. The van der Waals surface area contributed by atoms with Crippen LogP contribution in [0.3, 0.4) is 0 Å². The molecule has 35 heavy (non-hydrogen) atoms. The molecule has 0 unspecified atom stereocenters. The molecule has 3 aromatic rings. The van der Waals surface area contributed by atoms with Crippen LogP contribution in [-0.2, 0) is 11.3 Å². The van der Waals surface area contributed by atoms with Crippen molar-refractivity contribution in [3.05, 3.63) is 102 Å². The van der Waals surface area contributed by atoms with Gasteiger partial charge in [0, 0.05) is 38.3 Å². The molecule has 0 atom stereocenters. The first-order valence-electron chi connectivity index (χ1n) is 12.0. The number of rotatable bonds is 6. The van der Waals surface area contributed by atoms with Gasteiger partial charge in [0.2, 0.25) is 0 Å². The number of ether oxygens (including phenoxy) is 1. The van der Waals surface area contributed by atoms with E-state index in [-0.39, 0.29) is 18.4 Å². The molecule has 2 aliphatic heterocycles. The van der Waals surface area contributed by atoms with Gasteiger partial charge in [-0.3, -0.25) is 14.5 Å². The van der Waals surface area contributed by atoms with Crippen molar-refractivity contribution in [2.24, 2.45) is 0 Å². The van der Waals surface area contributed by atoms with E-state index in [0.717, 1.165) is 44.0 Å². The number of amides is 2. The van der Waals surface area contributed by atoms with Crippen LogP contribution in [0.4, 0.5) is 5.69 Å². The topological polar surface area (TPSA) is 53.1 Å². The Hall–Kier alpha value is -3.90. The summed E-state index contributed by atoms with van der Waals surface area (Å²) < 4.78 is 5.52. The summed E-state index contributed by atoms with van der Waals surface area (Å²) >= 11 is 0. The molecule has 0 saturated carbocycles. The van der Waals surface area contributed by atoms with Gasteiger partial charge < -0.3 is 14.5 Å². The maximum absolute atomic E-state index is 13.0. The predicted molar refractivity (Wildman–Crippen MR) is 137 cm³/mol. The van der Waals surface area contributed by atoms with E-state index in [1.54, 1.807) is 4.90 Å². The van der Waals surface area contributed by atoms with E-state index < -0.39 is 0 Å². The lowest BCUT2D eigenvalue weighted by Gasteiger charge is -2.34. The zero-order valence-corrected chi connectivity index (χ0v) is 19.7. The summed E-state index contributed by atoms with van der Waals surface area (Å²) in [6.45, 7) is 4.54. The molecule has 1 fully saturated rings. The Morgan fingerprint density at radius 2 is 1.57 bits per heavy atom. The van der Waals surface area contributed by atoms with Crippen LogP contribution in [0.1, 0.15) is 21.5 Å². The van der Waals surface area contributed by atoms with Crippen LogP contribution in [0.25, 0.3) is 6.08 Å². The van der Waals surface area contributed by atoms with Crippen molar-refractivity contribution in [1.82, 2.24) is 9.80 Å². The largest absolute Gasteiger partial charge is 0.482 e. The molecule has 2 aliphatic rings. The van der Waals surface area contributed by atoms with Crippen LogP contribution in [0.2, 0.25) is 0 Å². The molecule has 6 nitrogen and oxygen atoms in total. The van der Waals surface area contributed by atoms with Gasteiger partial charge in [0.25, 0.3) is 11.8 Å². The van der Waals surface area contributed by atoms with Gasteiger partial charge in [-0.2, -0.15) is 0 Å². The summed E-state index contributed by atoms with van der Waals surface area (Å²) in [6, 6.07) is 25.4. The Morgan fingerprint density at radius 3 is 2.34 bits per heavy atom. The Balaban J connectivity index is 1.14. The second-order valence-electron chi connectivity index (χ2n) is 8.84. The van der Waals surface area contributed by atoms with Crippen LogP contribution < -0.4 is 9.64 Å². The van der Waals surface area contributed by atoms with Crippen molar-refractivity contribution in [1.29, 1.82) is 0 Å². The summed E-state index contributed by atoms with van der Waals surface area (Å²) in [6.07, 6.45) is 4.32. The number of carbonyl (C=O) groups excluding carboxylic acids is 2. The van der Waals surface area contributed by atoms with Crippen molar-refractivity contribution in [3.8, 4) is 5.75 Å². The Kier molecular flexibility index (Phi) is 6.91. The highest BCUT2D eigenvalue weighted by molar-refractivity contribution is 5.98. The minimum Gasteiger partial charge on any atom is -0.482 e. The van der Waals surface area contributed by atoms with Gasteiger partial charge in [-0.05, 0) is 35.4 Å². The molecule has 6 heteroatoms. The number of hydrogen-bond acceptors (Lipinski definition) is 4. The van der Waals surface area contributed by atoms with Gasteiger partial charge in [0.05, 0.1) is 12.2 Å². The zero-order chi connectivity index (χ0) is 24.0. The second-order valence-corrected chi connectivity index (χ2v) is 8.84. The normalized spacial score (nSPS) is 16.3. The summed E-state index contributed by atoms with van der Waals surface area (Å²) in [4.78, 5) is 31.5. The lowest BCUT2D eigenvalue weighted by molar-refractivity contribution is -0.121. The van der Waals surface area contributed by atoms with Gasteiger partial charge in [-0.15, -0.1) is 0 Å². The molecule has 0 aromatic heterocycles. The summed E-state index contributed by atoms with van der Waals surface area (Å²) in [5, 5.41) is 0. The molecular weight excluding hydrogens is 438 g/mol. The number of nitrogens with zero attached hydrogens (tertiary/aromatic N) is 3. The van der Waals surface area contributed by atoms with Crippen LogP contribution in [0, 0.1) is 0 Å². The molecule has 0 bridgehead atoms. The van der Waals surface area contributed by atoms with Crippen LogP contribution in [0.5, 0.6) is 5.75 Å². The fourth-order valence-corrected chi connectivity index (χ4v) is 4.48. The van der Waals surface area contributed by atoms with Crippen LogP contribution >= 0.6 is 0 Å². The van der Waals surface area contributed by atoms with E-state index in [1.165, 1.54) is 5.56 Å². The van der Waals surface area contributed by atoms with Crippen molar-refractivity contribution < 1.29 is 14.3 Å². The van der Waals surface area contributed by atoms with E-state index in [4.69, 9.17) is 4.74 Å². The number of benzene rings is 3. The van der Waals surface area contributed by atoms with Crippen molar-refractivity contribution in [2.45, 2.75) is 6.54 Å². The fraction of sp³-hybridized carbons (Fsp3) is 0.241. The van der Waals surface area contributed by atoms with Gasteiger partial charge in [0.1, 0.15) is 5.75 Å². The first-order valence-corrected chi connectivity index (χ1v) is 12.0. The third kappa shape index (κ3) is 5.44. The third-order valence-electron chi connectivity index (χ3n) is 6.48. The second kappa shape index (κ2) is 10.6. The maximum atomic E-state index is 13.0. The Bertz CT molecular complexity index is 1200. The molecule has 1 saturated heterocycles. The van der Waals surface area contributed by atoms with Gasteiger partial charge in [0.15, 0.2) is 6.61 Å². The molecule has 2 heterocycles. The average molecular weight is 468 g/mol. The molecule has 0 spiro atoms. The minimum atomic E-state index is -0.0691. The number of anilines is 1. The van der Waals surface area contributed by atoms with E-state index in [0.29, 0.717) is 17.9 Å². The molecule has 3 aromatic carbocycles. The predicted octanol–water partition coefficient (Wildman–Crippen LogP) is 4.08. The zero-order valence-electron chi connectivity index (χ0n) is 19.7. The molecule has 178 valence electrons. The maximum Gasteiger partial charge on any atom is 0.265 e. The highest BCUT2D eigenvalue weighted by atomic mass is 16.5. The van der Waals surface area contributed by atoms with Gasteiger partial charge in [-0.25, -0.2) is 0 Å². The minimum absolute atomic E-state index is 0.0433. The summed E-state index contributed by atoms with van der Waals surface area (Å²) in [7, 11) is 0. The molecule has 5 rings (SSSR count). The summed E-state index contributed by atoms with van der Waals surface area (Å²) in [5.74, 6) is 0.706. The van der Waals surface area contributed by atoms with Crippen molar-refractivity contribution >= 4 is 23.6 Å². The van der Waals surface area contributed by atoms with Crippen LogP contribution in [-0.4, -0.2) is 60.9 Å². The van der Waals surface area contributed by atoms with E-state index in [9.17, 15) is 9.59 Å². The molecule has 0 aliphatic carbocycles. The van der Waals surface area contributed by atoms with Crippen LogP contribution in [0.15, 0.2) is 84.9 Å². The molecule has 0 N–H and O–H groups in total. The average Bonchev–Trinajstić information content (AvgIpc) is 2.91. The lowest BCUT2D eigenvalue weighted by Crippen LogP contribution is -2.48. The van der Waals surface area contributed by atoms with E-state index >= 15 is 0 Å². The number of para-hydroxylation sites is 2.